The van der Waals surface area contributed by atoms with E-state index in [0.29, 0.717) is 0 Å². The Balaban J connectivity index is 1.59. The molecule has 3 rings (SSSR count). The van der Waals surface area contributed by atoms with Gasteiger partial charge in [-0.25, -0.2) is 0 Å². The van der Waals surface area contributed by atoms with E-state index < -0.39 is 0 Å². The minimum Gasteiger partial charge on any atom is -0.369 e. The minimum absolute atomic E-state index is 0.190. The number of hydrogen-bond acceptors (Lipinski definition) is 3. The van der Waals surface area contributed by atoms with E-state index in [1.165, 1.54) is 69.2 Å². The van der Waals surface area contributed by atoms with Gasteiger partial charge in [-0.1, -0.05) is 39.0 Å². The Morgan fingerprint density at radius 1 is 0.864 bits per heavy atom. The molecule has 2 heterocycles. The van der Waals surface area contributed by atoms with Crippen molar-refractivity contribution in [1.82, 2.24) is 0 Å². The standard InChI is InChI=1S/C19H26OS2/c1-4-5-6-7-8-9-10-20-17-15-11-13(2)21-18(15)19-16(17)12-14(3)22-19/h11-12,17H,4-10H2,1-3H3. The molecule has 0 saturated heterocycles. The molecule has 0 fully saturated rings. The summed E-state index contributed by atoms with van der Waals surface area (Å²) in [4.78, 5) is 5.71. The van der Waals surface area contributed by atoms with Crippen molar-refractivity contribution in [2.75, 3.05) is 6.61 Å². The molecule has 0 aromatic carbocycles. The lowest BCUT2D eigenvalue weighted by atomic mass is 10.1. The molecule has 0 aliphatic heterocycles. The van der Waals surface area contributed by atoms with Gasteiger partial charge in [0.15, 0.2) is 0 Å². The third-order valence-electron chi connectivity index (χ3n) is 4.32. The molecule has 1 aliphatic rings. The number of ether oxygens (including phenoxy) is 1. The Kier molecular flexibility index (Phi) is 5.37. The number of unbranched alkanes of at least 4 members (excludes halogenated alkanes) is 5. The lowest BCUT2D eigenvalue weighted by Crippen LogP contribution is -2.03. The first-order valence-electron chi connectivity index (χ1n) is 8.53. The molecular formula is C19H26OS2. The third-order valence-corrected chi connectivity index (χ3v) is 6.62. The van der Waals surface area contributed by atoms with Gasteiger partial charge in [0, 0.05) is 27.5 Å². The summed E-state index contributed by atoms with van der Waals surface area (Å²) in [6, 6.07) is 4.65. The van der Waals surface area contributed by atoms with E-state index in [2.05, 4.69) is 32.9 Å². The maximum Gasteiger partial charge on any atom is 0.110 e. The molecular weight excluding hydrogens is 308 g/mol. The molecule has 0 radical (unpaired) electrons. The molecule has 3 heteroatoms. The van der Waals surface area contributed by atoms with Gasteiger partial charge in [-0.2, -0.15) is 0 Å². The molecule has 1 nitrogen and oxygen atoms in total. The van der Waals surface area contributed by atoms with Crippen LogP contribution in [0.4, 0.5) is 0 Å². The highest BCUT2D eigenvalue weighted by Gasteiger charge is 2.33. The van der Waals surface area contributed by atoms with Gasteiger partial charge >= 0.3 is 0 Å². The van der Waals surface area contributed by atoms with Gasteiger partial charge in [-0.3, -0.25) is 0 Å². The Morgan fingerprint density at radius 2 is 1.41 bits per heavy atom. The maximum atomic E-state index is 6.30. The number of thiophene rings is 2. The van der Waals surface area contributed by atoms with Gasteiger partial charge < -0.3 is 4.74 Å². The predicted octanol–water partition coefficient (Wildman–Crippen LogP) is 6.87. The number of hydrogen-bond donors (Lipinski definition) is 0. The Morgan fingerprint density at radius 3 is 2.00 bits per heavy atom. The largest absolute Gasteiger partial charge is 0.369 e. The summed E-state index contributed by atoms with van der Waals surface area (Å²) in [5.41, 5.74) is 2.82. The molecule has 0 saturated carbocycles. The highest BCUT2D eigenvalue weighted by molar-refractivity contribution is 7.22. The van der Waals surface area contributed by atoms with Crippen molar-refractivity contribution in [1.29, 1.82) is 0 Å². The number of fused-ring (bicyclic) bond motifs is 3. The van der Waals surface area contributed by atoms with Gasteiger partial charge in [-0.15, -0.1) is 22.7 Å². The van der Waals surface area contributed by atoms with Crippen LogP contribution >= 0.6 is 22.7 Å². The summed E-state index contributed by atoms with van der Waals surface area (Å²) in [6.07, 6.45) is 8.11. The van der Waals surface area contributed by atoms with Crippen LogP contribution in [0.5, 0.6) is 0 Å². The van der Waals surface area contributed by atoms with Crippen LogP contribution in [0.3, 0.4) is 0 Å². The molecule has 0 spiro atoms. The predicted molar refractivity (Wildman–Crippen MR) is 98.3 cm³/mol. The smallest absolute Gasteiger partial charge is 0.110 e. The summed E-state index contributed by atoms with van der Waals surface area (Å²) >= 11 is 3.84. The first-order chi connectivity index (χ1) is 10.7. The van der Waals surface area contributed by atoms with E-state index >= 15 is 0 Å². The van der Waals surface area contributed by atoms with Crippen molar-refractivity contribution in [3.63, 3.8) is 0 Å². The normalized spacial score (nSPS) is 13.6. The van der Waals surface area contributed by atoms with Crippen molar-refractivity contribution < 1.29 is 4.74 Å². The third kappa shape index (κ3) is 3.32. The summed E-state index contributed by atoms with van der Waals surface area (Å²) in [7, 11) is 0. The number of aryl methyl sites for hydroxylation is 2. The molecule has 0 amide bonds. The lowest BCUT2D eigenvalue weighted by Gasteiger charge is -2.13. The molecule has 1 aliphatic carbocycles. The highest BCUT2D eigenvalue weighted by Crippen LogP contribution is 2.52. The Hall–Kier alpha value is -0.640. The second kappa shape index (κ2) is 7.29. The average Bonchev–Trinajstić information content (AvgIpc) is 3.10. The van der Waals surface area contributed by atoms with Crippen LogP contribution in [-0.2, 0) is 4.74 Å². The van der Waals surface area contributed by atoms with E-state index in [0.717, 1.165) is 6.61 Å². The van der Waals surface area contributed by atoms with Gasteiger partial charge in [0.25, 0.3) is 0 Å². The van der Waals surface area contributed by atoms with E-state index in [1.54, 1.807) is 0 Å². The molecule has 0 unspecified atom stereocenters. The van der Waals surface area contributed by atoms with Gasteiger partial charge in [0.2, 0.25) is 0 Å². The Labute approximate surface area is 142 Å². The zero-order chi connectivity index (χ0) is 15.5. The van der Waals surface area contributed by atoms with Crippen molar-refractivity contribution >= 4 is 22.7 Å². The van der Waals surface area contributed by atoms with Crippen LogP contribution < -0.4 is 0 Å². The van der Waals surface area contributed by atoms with Crippen LogP contribution in [0.1, 0.15) is 72.4 Å². The second-order valence-corrected chi connectivity index (χ2v) is 8.81. The van der Waals surface area contributed by atoms with Crippen LogP contribution in [0.25, 0.3) is 9.75 Å². The fraction of sp³-hybridized carbons (Fsp3) is 0.579. The average molecular weight is 335 g/mol. The number of rotatable bonds is 8. The second-order valence-electron chi connectivity index (χ2n) is 6.30. The molecule has 0 bridgehead atoms. The zero-order valence-corrected chi connectivity index (χ0v) is 15.5. The lowest BCUT2D eigenvalue weighted by molar-refractivity contribution is 0.0799. The molecule has 2 aromatic rings. The molecule has 0 N–H and O–H groups in total. The van der Waals surface area contributed by atoms with E-state index in [9.17, 15) is 0 Å². The van der Waals surface area contributed by atoms with Crippen molar-refractivity contribution in [2.45, 2.75) is 65.4 Å². The minimum atomic E-state index is 0.190. The molecule has 120 valence electrons. The monoisotopic (exact) mass is 334 g/mol. The Bertz CT molecular complexity index is 577. The first-order valence-corrected chi connectivity index (χ1v) is 10.2. The van der Waals surface area contributed by atoms with Crippen LogP contribution in [0, 0.1) is 13.8 Å². The zero-order valence-electron chi connectivity index (χ0n) is 13.9. The molecule has 2 aromatic heterocycles. The van der Waals surface area contributed by atoms with Crippen LogP contribution in [-0.4, -0.2) is 6.61 Å². The quantitative estimate of drug-likeness (QED) is 0.478. The topological polar surface area (TPSA) is 9.23 Å². The maximum absolute atomic E-state index is 6.30. The van der Waals surface area contributed by atoms with Crippen molar-refractivity contribution in [3.05, 3.63) is 33.0 Å². The van der Waals surface area contributed by atoms with Crippen LogP contribution in [0.15, 0.2) is 12.1 Å². The molecule has 0 atom stereocenters. The summed E-state index contributed by atoms with van der Waals surface area (Å²) in [5, 5.41) is 0. The van der Waals surface area contributed by atoms with Crippen molar-refractivity contribution in [2.24, 2.45) is 0 Å². The fourth-order valence-electron chi connectivity index (χ4n) is 3.24. The fourth-order valence-corrected chi connectivity index (χ4v) is 5.50. The van der Waals surface area contributed by atoms with E-state index in [-0.39, 0.29) is 6.10 Å². The summed E-state index contributed by atoms with van der Waals surface area (Å²) in [6.45, 7) is 7.56. The SMILES string of the molecule is CCCCCCCCOC1c2cc(C)sc2-c2sc(C)cc21. The molecule has 22 heavy (non-hydrogen) atoms. The van der Waals surface area contributed by atoms with Gasteiger partial charge in [-0.05, 0) is 32.4 Å². The highest BCUT2D eigenvalue weighted by atomic mass is 32.1. The summed E-state index contributed by atoms with van der Waals surface area (Å²) < 4.78 is 6.30. The van der Waals surface area contributed by atoms with E-state index in [1.807, 2.05) is 22.7 Å². The van der Waals surface area contributed by atoms with Gasteiger partial charge in [0.1, 0.15) is 6.10 Å². The first kappa shape index (κ1) is 16.2. The van der Waals surface area contributed by atoms with Crippen molar-refractivity contribution in [3.8, 4) is 9.75 Å². The van der Waals surface area contributed by atoms with Crippen LogP contribution in [0.2, 0.25) is 0 Å². The van der Waals surface area contributed by atoms with E-state index in [4.69, 9.17) is 4.74 Å². The van der Waals surface area contributed by atoms with Gasteiger partial charge in [0.05, 0.1) is 9.75 Å². The summed E-state index contributed by atoms with van der Waals surface area (Å²) in [5.74, 6) is 0.